The minimum atomic E-state index is -0.0770. The van der Waals surface area contributed by atoms with Crippen molar-refractivity contribution in [1.29, 1.82) is 0 Å². The Morgan fingerprint density at radius 1 is 1.58 bits per heavy atom. The van der Waals surface area contributed by atoms with E-state index in [9.17, 15) is 4.79 Å². The lowest BCUT2D eigenvalue weighted by atomic mass is 10.1. The van der Waals surface area contributed by atoms with Gasteiger partial charge >= 0.3 is 0 Å². The van der Waals surface area contributed by atoms with Gasteiger partial charge in [0.05, 0.1) is 19.2 Å². The molecule has 1 fully saturated rings. The van der Waals surface area contributed by atoms with Crippen molar-refractivity contribution < 1.29 is 9.53 Å². The predicted molar refractivity (Wildman–Crippen MR) is 78.7 cm³/mol. The molecule has 2 N–H and O–H groups in total. The van der Waals surface area contributed by atoms with Gasteiger partial charge in [-0.25, -0.2) is 0 Å². The molecule has 0 saturated carbocycles. The van der Waals surface area contributed by atoms with Crippen LogP contribution in [-0.4, -0.2) is 37.1 Å². The number of hydrogen-bond donors (Lipinski definition) is 2. The maximum atomic E-state index is 12.1. The van der Waals surface area contributed by atoms with Gasteiger partial charge < -0.3 is 15.4 Å². The molecule has 19 heavy (non-hydrogen) atoms. The van der Waals surface area contributed by atoms with Crippen LogP contribution in [0.15, 0.2) is 24.3 Å². The third-order valence-corrected chi connectivity index (χ3v) is 4.25. The number of ether oxygens (including phenoxy) is 1. The molecule has 0 bridgehead atoms. The molecule has 1 amide bonds. The Bertz CT molecular complexity index is 433. The average Bonchev–Trinajstić information content (AvgIpc) is 2.48. The van der Waals surface area contributed by atoms with Crippen LogP contribution in [0.4, 0.5) is 0 Å². The molecular weight excluding hydrogens is 260 g/mol. The van der Waals surface area contributed by atoms with Gasteiger partial charge in [0, 0.05) is 18.1 Å². The van der Waals surface area contributed by atoms with E-state index in [1.54, 1.807) is 7.11 Å². The van der Waals surface area contributed by atoms with Crippen molar-refractivity contribution in [3.05, 3.63) is 29.8 Å². The summed E-state index contributed by atoms with van der Waals surface area (Å²) >= 11 is 1.82. The van der Waals surface area contributed by atoms with E-state index >= 15 is 0 Å². The number of rotatable bonds is 4. The molecular formula is C14H20N2O2S. The summed E-state index contributed by atoms with van der Waals surface area (Å²) in [6, 6.07) is 7.69. The molecule has 0 aliphatic carbocycles. The molecule has 1 aliphatic heterocycles. The Labute approximate surface area is 118 Å². The third-order valence-electron chi connectivity index (χ3n) is 3.19. The predicted octanol–water partition coefficient (Wildman–Crippen LogP) is 1.58. The van der Waals surface area contributed by atoms with Crippen LogP contribution in [-0.2, 0) is 4.79 Å². The van der Waals surface area contributed by atoms with Gasteiger partial charge in [-0.2, -0.15) is 11.8 Å². The monoisotopic (exact) mass is 280 g/mol. The second kappa shape index (κ2) is 6.82. The number of amides is 1. The summed E-state index contributed by atoms with van der Waals surface area (Å²) in [5.74, 6) is 2.80. The zero-order valence-electron chi connectivity index (χ0n) is 11.3. The summed E-state index contributed by atoms with van der Waals surface area (Å²) in [7, 11) is 1.64. The van der Waals surface area contributed by atoms with E-state index in [-0.39, 0.29) is 18.0 Å². The molecule has 2 rings (SSSR count). The largest absolute Gasteiger partial charge is 0.497 e. The van der Waals surface area contributed by atoms with E-state index in [0.717, 1.165) is 29.4 Å². The van der Waals surface area contributed by atoms with Crippen molar-refractivity contribution >= 4 is 17.7 Å². The van der Waals surface area contributed by atoms with Crippen LogP contribution in [0.2, 0.25) is 0 Å². The Balaban J connectivity index is 1.95. The highest BCUT2D eigenvalue weighted by atomic mass is 32.2. The maximum absolute atomic E-state index is 12.1. The van der Waals surface area contributed by atoms with Crippen LogP contribution >= 0.6 is 11.8 Å². The second-order valence-corrected chi connectivity index (χ2v) is 5.74. The van der Waals surface area contributed by atoms with Crippen LogP contribution in [0, 0.1) is 0 Å². The van der Waals surface area contributed by atoms with Gasteiger partial charge in [0.1, 0.15) is 5.75 Å². The summed E-state index contributed by atoms with van der Waals surface area (Å²) in [5.41, 5.74) is 1.05. The van der Waals surface area contributed by atoms with Crippen LogP contribution in [0.5, 0.6) is 5.75 Å². The molecule has 2 atom stereocenters. The van der Waals surface area contributed by atoms with Gasteiger partial charge in [-0.3, -0.25) is 4.79 Å². The molecule has 1 aromatic carbocycles. The number of hydrogen-bond acceptors (Lipinski definition) is 4. The lowest BCUT2D eigenvalue weighted by molar-refractivity contribution is -0.123. The van der Waals surface area contributed by atoms with Crippen LogP contribution in [0.1, 0.15) is 18.5 Å². The molecule has 4 nitrogen and oxygen atoms in total. The molecule has 0 aromatic heterocycles. The fourth-order valence-corrected chi connectivity index (χ4v) is 2.98. The highest BCUT2D eigenvalue weighted by molar-refractivity contribution is 7.99. The van der Waals surface area contributed by atoms with Crippen molar-refractivity contribution in [2.75, 3.05) is 25.2 Å². The number of benzene rings is 1. The minimum Gasteiger partial charge on any atom is -0.497 e. The SMILES string of the molecule is COc1cccc(C(C)NC(=O)C2CSCCN2)c1. The summed E-state index contributed by atoms with van der Waals surface area (Å²) < 4.78 is 5.20. The lowest BCUT2D eigenvalue weighted by Gasteiger charge is -2.24. The Morgan fingerprint density at radius 3 is 3.11 bits per heavy atom. The second-order valence-electron chi connectivity index (χ2n) is 4.59. The molecule has 1 aliphatic rings. The first-order chi connectivity index (χ1) is 9.20. The third kappa shape index (κ3) is 3.88. The number of carbonyl (C=O) groups excluding carboxylic acids is 1. The Kier molecular flexibility index (Phi) is 5.10. The number of thioether (sulfide) groups is 1. The number of nitrogens with one attached hydrogen (secondary N) is 2. The average molecular weight is 280 g/mol. The van der Waals surface area contributed by atoms with Gasteiger partial charge in [0.2, 0.25) is 5.91 Å². The summed E-state index contributed by atoms with van der Waals surface area (Å²) in [6.07, 6.45) is 0. The van der Waals surface area contributed by atoms with E-state index in [4.69, 9.17) is 4.74 Å². The molecule has 1 aromatic rings. The highest BCUT2D eigenvalue weighted by Crippen LogP contribution is 2.19. The standard InChI is InChI=1S/C14H20N2O2S/c1-10(11-4-3-5-12(8-11)18-2)16-14(17)13-9-19-7-6-15-13/h3-5,8,10,13,15H,6-7,9H2,1-2H3,(H,16,17). The van der Waals surface area contributed by atoms with Crippen LogP contribution < -0.4 is 15.4 Å². The first kappa shape index (κ1) is 14.2. The van der Waals surface area contributed by atoms with Gasteiger partial charge in [-0.05, 0) is 24.6 Å². The summed E-state index contributed by atoms with van der Waals surface area (Å²) in [6.45, 7) is 2.89. The molecule has 1 saturated heterocycles. The minimum absolute atomic E-state index is 0.0173. The molecule has 0 spiro atoms. The summed E-state index contributed by atoms with van der Waals surface area (Å²) in [4.78, 5) is 12.1. The number of methoxy groups -OCH3 is 1. The van der Waals surface area contributed by atoms with Crippen molar-refractivity contribution in [2.24, 2.45) is 0 Å². The Hall–Kier alpha value is -1.20. The quantitative estimate of drug-likeness (QED) is 0.879. The van der Waals surface area contributed by atoms with E-state index in [0.29, 0.717) is 0 Å². The fraction of sp³-hybridized carbons (Fsp3) is 0.500. The zero-order valence-corrected chi connectivity index (χ0v) is 12.1. The lowest BCUT2D eigenvalue weighted by Crippen LogP contribution is -2.49. The molecule has 2 unspecified atom stereocenters. The maximum Gasteiger partial charge on any atom is 0.238 e. The Morgan fingerprint density at radius 2 is 2.42 bits per heavy atom. The molecule has 5 heteroatoms. The van der Waals surface area contributed by atoms with E-state index in [1.165, 1.54) is 0 Å². The highest BCUT2D eigenvalue weighted by Gasteiger charge is 2.22. The fourth-order valence-electron chi connectivity index (χ4n) is 2.04. The normalized spacial score (nSPS) is 20.6. The van der Waals surface area contributed by atoms with E-state index in [1.807, 2.05) is 43.0 Å². The zero-order chi connectivity index (χ0) is 13.7. The van der Waals surface area contributed by atoms with Crippen molar-refractivity contribution in [1.82, 2.24) is 10.6 Å². The van der Waals surface area contributed by atoms with Gasteiger partial charge in [0.15, 0.2) is 0 Å². The first-order valence-electron chi connectivity index (χ1n) is 6.46. The van der Waals surface area contributed by atoms with Crippen molar-refractivity contribution in [2.45, 2.75) is 19.0 Å². The van der Waals surface area contributed by atoms with Gasteiger partial charge in [-0.1, -0.05) is 12.1 Å². The van der Waals surface area contributed by atoms with Crippen molar-refractivity contribution in [3.63, 3.8) is 0 Å². The molecule has 104 valence electrons. The van der Waals surface area contributed by atoms with Gasteiger partial charge in [-0.15, -0.1) is 0 Å². The van der Waals surface area contributed by atoms with Crippen molar-refractivity contribution in [3.8, 4) is 5.75 Å². The topological polar surface area (TPSA) is 50.4 Å². The molecule has 1 heterocycles. The van der Waals surface area contributed by atoms with E-state index < -0.39 is 0 Å². The molecule has 0 radical (unpaired) electrons. The van der Waals surface area contributed by atoms with Crippen LogP contribution in [0.3, 0.4) is 0 Å². The van der Waals surface area contributed by atoms with Gasteiger partial charge in [0.25, 0.3) is 0 Å². The first-order valence-corrected chi connectivity index (χ1v) is 7.61. The van der Waals surface area contributed by atoms with E-state index in [2.05, 4.69) is 10.6 Å². The van der Waals surface area contributed by atoms with Crippen LogP contribution in [0.25, 0.3) is 0 Å². The summed E-state index contributed by atoms with van der Waals surface area (Å²) in [5, 5.41) is 6.29. The number of carbonyl (C=O) groups is 1. The smallest absolute Gasteiger partial charge is 0.238 e.